The average molecular weight is 263 g/mol. The van der Waals surface area contributed by atoms with Crippen LogP contribution in [0.2, 0.25) is 5.02 Å². The number of nitrogens with zero attached hydrogens (tertiary/aromatic N) is 1. The third-order valence-electron chi connectivity index (χ3n) is 2.87. The van der Waals surface area contributed by atoms with E-state index in [-0.39, 0.29) is 0 Å². The van der Waals surface area contributed by atoms with Crippen LogP contribution in [0, 0.1) is 5.41 Å². The van der Waals surface area contributed by atoms with Crippen LogP contribution in [0.4, 0.5) is 5.69 Å². The van der Waals surface area contributed by atoms with Crippen LogP contribution in [0.15, 0.2) is 28.9 Å². The largest absolute Gasteiger partial charge is 0.400 e. The van der Waals surface area contributed by atoms with E-state index in [0.717, 1.165) is 29.8 Å². The maximum atomic E-state index is 7.21. The van der Waals surface area contributed by atoms with Gasteiger partial charge in [0.15, 0.2) is 0 Å². The number of benzene rings is 1. The lowest BCUT2D eigenvalue weighted by Gasteiger charge is -2.07. The van der Waals surface area contributed by atoms with E-state index >= 15 is 0 Å². The van der Waals surface area contributed by atoms with Crippen molar-refractivity contribution in [3.05, 3.63) is 40.1 Å². The molecule has 1 aliphatic heterocycles. The molecule has 5 heteroatoms. The van der Waals surface area contributed by atoms with Crippen molar-refractivity contribution in [3.63, 3.8) is 0 Å². The molecule has 1 aliphatic rings. The van der Waals surface area contributed by atoms with E-state index in [1.54, 1.807) is 6.07 Å². The highest BCUT2D eigenvalue weighted by Crippen LogP contribution is 2.24. The van der Waals surface area contributed by atoms with Crippen LogP contribution in [0.3, 0.4) is 0 Å². The zero-order chi connectivity index (χ0) is 13.1. The van der Waals surface area contributed by atoms with Crippen LogP contribution in [-0.2, 0) is 6.42 Å². The lowest BCUT2D eigenvalue weighted by molar-refractivity contribution is 1.04. The maximum Gasteiger partial charge on any atom is 0.0788 e. The fraction of sp³-hybridized carbons (Fsp3) is 0.231. The molecule has 0 spiro atoms. The standard InChI is InChI=1S/C13H15ClN4/c14-12-3-9(6-15)13(17)4-8(12)1-2-11-5-10(16)7-18-11/h3-6,15H,1-2,7,16-17H2. The van der Waals surface area contributed by atoms with Crippen LogP contribution >= 0.6 is 11.6 Å². The first kappa shape index (κ1) is 12.6. The number of nitrogen functional groups attached to an aromatic ring is 1. The second kappa shape index (κ2) is 5.23. The van der Waals surface area contributed by atoms with Gasteiger partial charge in [0.2, 0.25) is 0 Å². The number of aliphatic imine (C=N–C) groups is 1. The quantitative estimate of drug-likeness (QED) is 0.573. The molecule has 94 valence electrons. The Morgan fingerprint density at radius 1 is 1.33 bits per heavy atom. The number of hydrogen-bond donors (Lipinski definition) is 3. The van der Waals surface area contributed by atoms with Crippen LogP contribution in [0.1, 0.15) is 17.5 Å². The Morgan fingerprint density at radius 3 is 2.72 bits per heavy atom. The Kier molecular flexibility index (Phi) is 3.67. The van der Waals surface area contributed by atoms with Crippen molar-refractivity contribution in [3.8, 4) is 0 Å². The summed E-state index contributed by atoms with van der Waals surface area (Å²) in [5, 5.41) is 7.84. The highest BCUT2D eigenvalue weighted by atomic mass is 35.5. The summed E-state index contributed by atoms with van der Waals surface area (Å²) in [6, 6.07) is 3.55. The van der Waals surface area contributed by atoms with Crippen molar-refractivity contribution in [2.45, 2.75) is 12.8 Å². The molecule has 0 bridgehead atoms. The van der Waals surface area contributed by atoms with Crippen LogP contribution in [0.5, 0.6) is 0 Å². The summed E-state index contributed by atoms with van der Waals surface area (Å²) in [6.07, 6.45) is 4.67. The van der Waals surface area contributed by atoms with Crippen LogP contribution in [0.25, 0.3) is 0 Å². The second-order valence-corrected chi connectivity index (χ2v) is 4.65. The summed E-state index contributed by atoms with van der Waals surface area (Å²) in [7, 11) is 0. The van der Waals surface area contributed by atoms with Crippen LogP contribution < -0.4 is 11.5 Å². The summed E-state index contributed by atoms with van der Waals surface area (Å²) in [4.78, 5) is 4.31. The minimum atomic E-state index is 0.577. The third-order valence-corrected chi connectivity index (χ3v) is 3.23. The zero-order valence-electron chi connectivity index (χ0n) is 9.91. The normalized spacial score (nSPS) is 14.3. The first-order valence-electron chi connectivity index (χ1n) is 5.68. The molecule has 1 aromatic carbocycles. The van der Waals surface area contributed by atoms with Gasteiger partial charge in [-0.15, -0.1) is 0 Å². The van der Waals surface area contributed by atoms with Gasteiger partial charge in [-0.05, 0) is 36.6 Å². The lowest BCUT2D eigenvalue weighted by atomic mass is 10.0. The number of nitrogens with two attached hydrogens (primary N) is 2. The van der Waals surface area contributed by atoms with Gasteiger partial charge in [0.05, 0.1) is 6.54 Å². The molecule has 0 atom stereocenters. The van der Waals surface area contributed by atoms with Crippen molar-refractivity contribution >= 4 is 29.2 Å². The molecular weight excluding hydrogens is 248 g/mol. The second-order valence-electron chi connectivity index (χ2n) is 4.24. The summed E-state index contributed by atoms with van der Waals surface area (Å²) in [5.41, 5.74) is 15.5. The van der Waals surface area contributed by atoms with Crippen LogP contribution in [-0.4, -0.2) is 18.5 Å². The Bertz CT molecular complexity index is 546. The summed E-state index contributed by atoms with van der Waals surface area (Å²) >= 11 is 6.16. The Labute approximate surface area is 111 Å². The summed E-state index contributed by atoms with van der Waals surface area (Å²) < 4.78 is 0. The van der Waals surface area contributed by atoms with E-state index in [0.29, 0.717) is 22.8 Å². The molecule has 1 aromatic rings. The van der Waals surface area contributed by atoms with Crippen molar-refractivity contribution in [1.29, 1.82) is 5.41 Å². The number of nitrogens with one attached hydrogen (secondary N) is 1. The molecule has 0 aromatic heterocycles. The van der Waals surface area contributed by atoms with E-state index in [1.165, 1.54) is 6.21 Å². The third kappa shape index (κ3) is 2.71. The van der Waals surface area contributed by atoms with Gasteiger partial charge in [0, 0.05) is 33.9 Å². The molecule has 4 nitrogen and oxygen atoms in total. The maximum absolute atomic E-state index is 7.21. The molecule has 0 saturated carbocycles. The van der Waals surface area contributed by atoms with Gasteiger partial charge < -0.3 is 16.9 Å². The van der Waals surface area contributed by atoms with Gasteiger partial charge in [-0.25, -0.2) is 0 Å². The molecule has 0 aliphatic carbocycles. The Morgan fingerprint density at radius 2 is 2.11 bits per heavy atom. The number of rotatable bonds is 4. The molecule has 18 heavy (non-hydrogen) atoms. The molecule has 0 radical (unpaired) electrons. The monoisotopic (exact) mass is 262 g/mol. The van der Waals surface area contributed by atoms with Gasteiger partial charge in [0.1, 0.15) is 0 Å². The molecular formula is C13H15ClN4. The van der Waals surface area contributed by atoms with E-state index < -0.39 is 0 Å². The predicted octanol–water partition coefficient (Wildman–Crippen LogP) is 2.15. The molecule has 0 fully saturated rings. The van der Waals surface area contributed by atoms with Gasteiger partial charge in [-0.2, -0.15) is 0 Å². The number of halogens is 1. The Balaban J connectivity index is 2.10. The number of allylic oxidation sites excluding steroid dienone is 1. The van der Waals surface area contributed by atoms with Crippen molar-refractivity contribution < 1.29 is 0 Å². The lowest BCUT2D eigenvalue weighted by Crippen LogP contribution is -2.00. The number of aryl methyl sites for hydroxylation is 1. The first-order valence-corrected chi connectivity index (χ1v) is 6.05. The van der Waals surface area contributed by atoms with Gasteiger partial charge >= 0.3 is 0 Å². The molecule has 5 N–H and O–H groups in total. The summed E-state index contributed by atoms with van der Waals surface area (Å²) in [6.45, 7) is 0.595. The fourth-order valence-electron chi connectivity index (χ4n) is 1.88. The molecule has 2 rings (SSSR count). The molecule has 0 unspecified atom stereocenters. The van der Waals surface area contributed by atoms with E-state index in [9.17, 15) is 0 Å². The van der Waals surface area contributed by atoms with Gasteiger partial charge in [0.25, 0.3) is 0 Å². The average Bonchev–Trinajstić information content (AvgIpc) is 2.75. The van der Waals surface area contributed by atoms with Crippen molar-refractivity contribution in [1.82, 2.24) is 0 Å². The van der Waals surface area contributed by atoms with Gasteiger partial charge in [-0.1, -0.05) is 11.6 Å². The molecule has 1 heterocycles. The van der Waals surface area contributed by atoms with Crippen molar-refractivity contribution in [2.24, 2.45) is 10.7 Å². The minimum absolute atomic E-state index is 0.577. The first-order chi connectivity index (χ1) is 8.60. The summed E-state index contributed by atoms with van der Waals surface area (Å²) in [5.74, 6) is 0. The SMILES string of the molecule is N=Cc1cc(Cl)c(CCC2=NCC(N)=C2)cc1N. The smallest absolute Gasteiger partial charge is 0.0788 e. The van der Waals surface area contributed by atoms with Crippen molar-refractivity contribution in [2.75, 3.05) is 12.3 Å². The highest BCUT2D eigenvalue weighted by Gasteiger charge is 2.09. The van der Waals surface area contributed by atoms with E-state index in [2.05, 4.69) is 4.99 Å². The Hall–Kier alpha value is -1.81. The highest BCUT2D eigenvalue weighted by molar-refractivity contribution is 6.31. The topological polar surface area (TPSA) is 88.2 Å². The predicted molar refractivity (Wildman–Crippen MR) is 76.6 cm³/mol. The number of hydrogen-bond acceptors (Lipinski definition) is 4. The van der Waals surface area contributed by atoms with E-state index in [1.807, 2.05) is 12.1 Å². The minimum Gasteiger partial charge on any atom is -0.400 e. The fourth-order valence-corrected chi connectivity index (χ4v) is 2.15. The molecule has 0 amide bonds. The zero-order valence-corrected chi connectivity index (χ0v) is 10.7. The molecule has 0 saturated heterocycles. The van der Waals surface area contributed by atoms with Gasteiger partial charge in [-0.3, -0.25) is 4.99 Å². The number of anilines is 1. The van der Waals surface area contributed by atoms with E-state index in [4.69, 9.17) is 28.5 Å².